The number of hydrogen-bond acceptors (Lipinski definition) is 3. The molecule has 0 radical (unpaired) electrons. The van der Waals surface area contributed by atoms with E-state index in [-0.39, 0.29) is 0 Å². The first kappa shape index (κ1) is 24.3. The van der Waals surface area contributed by atoms with Gasteiger partial charge in [-0.15, -0.1) is 0 Å². The number of carboxylic acids is 1. The van der Waals surface area contributed by atoms with Crippen molar-refractivity contribution in [1.82, 2.24) is 0 Å². The Morgan fingerprint density at radius 3 is 1.96 bits per heavy atom. The number of esters is 1. The summed E-state index contributed by atoms with van der Waals surface area (Å²) in [5.74, 6) is -5.94. The molecule has 0 saturated heterocycles. The van der Waals surface area contributed by atoms with E-state index in [2.05, 4.69) is 0 Å². The quantitative estimate of drug-likeness (QED) is 0.363. The van der Waals surface area contributed by atoms with Crippen molar-refractivity contribution < 1.29 is 45.8 Å². The first-order valence-corrected chi connectivity index (χ1v) is 7.77. The van der Waals surface area contributed by atoms with E-state index < -0.39 is 67.4 Å². The number of hydrogen-bond donors (Lipinski definition) is 1. The van der Waals surface area contributed by atoms with Gasteiger partial charge in [-0.05, 0) is 33.6 Å². The van der Waals surface area contributed by atoms with Gasteiger partial charge in [-0.3, -0.25) is 9.59 Å². The smallest absolute Gasteiger partial charge is 0.392 e. The summed E-state index contributed by atoms with van der Waals surface area (Å²) in [7, 11) is 0. The summed E-state index contributed by atoms with van der Waals surface area (Å²) < 4.78 is 78.5. The van der Waals surface area contributed by atoms with Crippen LogP contribution in [0, 0.1) is 11.8 Å². The molecule has 0 saturated carbocycles. The molecule has 0 bridgehead atoms. The molecule has 10 heteroatoms. The second kappa shape index (κ2) is 9.27. The minimum Gasteiger partial charge on any atom is -0.481 e. The minimum atomic E-state index is -4.57. The van der Waals surface area contributed by atoms with Gasteiger partial charge in [0, 0.05) is 6.42 Å². The lowest BCUT2D eigenvalue weighted by Gasteiger charge is -2.26. The maximum Gasteiger partial charge on any atom is 0.392 e. The Labute approximate surface area is 147 Å². The Kier molecular flexibility index (Phi) is 8.65. The number of carbonyl (C=O) groups is 2. The number of alkyl halides is 6. The molecule has 4 nitrogen and oxygen atoms in total. The summed E-state index contributed by atoms with van der Waals surface area (Å²) in [5.41, 5.74) is -1.04. The molecule has 0 aliphatic heterocycles. The van der Waals surface area contributed by atoms with Crippen LogP contribution < -0.4 is 0 Å². The maximum absolute atomic E-state index is 12.3. The van der Waals surface area contributed by atoms with Crippen molar-refractivity contribution >= 4 is 11.9 Å². The van der Waals surface area contributed by atoms with Gasteiger partial charge in [0.1, 0.15) is 5.60 Å². The Balaban J connectivity index is 5.39. The molecule has 0 aliphatic rings. The number of carboxylic acid groups (broad SMARTS) is 1. The first-order valence-electron chi connectivity index (χ1n) is 7.77. The molecule has 0 rings (SSSR count). The third kappa shape index (κ3) is 11.8. The average molecular weight is 392 g/mol. The zero-order valence-corrected chi connectivity index (χ0v) is 14.6. The fourth-order valence-electron chi connectivity index (χ4n) is 2.07. The Bertz CT molecular complexity index is 502. The highest BCUT2D eigenvalue weighted by Gasteiger charge is 2.36. The highest BCUT2D eigenvalue weighted by atomic mass is 19.4. The van der Waals surface area contributed by atoms with Crippen molar-refractivity contribution in [2.45, 2.75) is 64.4 Å². The van der Waals surface area contributed by atoms with Crippen LogP contribution in [0.1, 0.15) is 46.5 Å². The fourth-order valence-corrected chi connectivity index (χ4v) is 2.07. The molecule has 2 unspecified atom stereocenters. The summed E-state index contributed by atoms with van der Waals surface area (Å²) in [6.07, 6.45) is -11.5. The normalized spacial score (nSPS) is 15.7. The van der Waals surface area contributed by atoms with E-state index in [1.165, 1.54) is 20.8 Å². The maximum atomic E-state index is 12.3. The van der Waals surface area contributed by atoms with Gasteiger partial charge in [-0.1, -0.05) is 12.2 Å². The number of carbonyl (C=O) groups excluding carboxylic acids is 1. The molecular weight excluding hydrogens is 370 g/mol. The molecule has 0 spiro atoms. The zero-order valence-electron chi connectivity index (χ0n) is 14.6. The second-order valence-corrected chi connectivity index (χ2v) is 6.76. The van der Waals surface area contributed by atoms with Gasteiger partial charge < -0.3 is 9.84 Å². The number of rotatable bonds is 8. The van der Waals surface area contributed by atoms with Gasteiger partial charge in [0.2, 0.25) is 0 Å². The summed E-state index contributed by atoms with van der Waals surface area (Å²) in [5, 5.41) is 9.23. The number of ether oxygens (including phenoxy) is 1. The van der Waals surface area contributed by atoms with Gasteiger partial charge >= 0.3 is 24.3 Å². The molecule has 0 heterocycles. The SMILES string of the molecule is CC(C)(C)OC(=O)C(C=CCC(F)(F)F)C(CCCC(F)(F)F)C(=O)O. The molecule has 26 heavy (non-hydrogen) atoms. The fraction of sp³-hybridized carbons (Fsp3) is 0.750. The number of aliphatic carboxylic acids is 1. The molecule has 1 N–H and O–H groups in total. The van der Waals surface area contributed by atoms with Crippen LogP contribution in [0.3, 0.4) is 0 Å². The van der Waals surface area contributed by atoms with Gasteiger partial charge in [-0.25, -0.2) is 0 Å². The van der Waals surface area contributed by atoms with Crippen LogP contribution in [0.5, 0.6) is 0 Å². The largest absolute Gasteiger partial charge is 0.481 e. The van der Waals surface area contributed by atoms with Crippen LogP contribution in [0.4, 0.5) is 26.3 Å². The molecule has 0 aromatic heterocycles. The molecular formula is C16H22F6O4. The van der Waals surface area contributed by atoms with Crippen molar-refractivity contribution in [3.63, 3.8) is 0 Å². The molecule has 0 aromatic rings. The predicted octanol–water partition coefficient (Wildman–Crippen LogP) is 4.89. The molecule has 0 fully saturated rings. The van der Waals surface area contributed by atoms with Crippen LogP contribution in [-0.4, -0.2) is 35.0 Å². The molecule has 0 aliphatic carbocycles. The third-order valence-electron chi connectivity index (χ3n) is 3.10. The Hall–Kier alpha value is -1.74. The van der Waals surface area contributed by atoms with Crippen molar-refractivity contribution in [2.75, 3.05) is 0 Å². The lowest BCUT2D eigenvalue weighted by Crippen LogP contribution is -2.35. The van der Waals surface area contributed by atoms with E-state index in [1.807, 2.05) is 0 Å². The van der Waals surface area contributed by atoms with Crippen molar-refractivity contribution in [3.8, 4) is 0 Å². The highest BCUT2D eigenvalue weighted by molar-refractivity contribution is 5.82. The molecule has 0 aromatic carbocycles. The van der Waals surface area contributed by atoms with Crippen molar-refractivity contribution in [1.29, 1.82) is 0 Å². The van der Waals surface area contributed by atoms with Gasteiger partial charge in [-0.2, -0.15) is 26.3 Å². The van der Waals surface area contributed by atoms with E-state index >= 15 is 0 Å². The highest BCUT2D eigenvalue weighted by Crippen LogP contribution is 2.29. The van der Waals surface area contributed by atoms with Gasteiger partial charge in [0.25, 0.3) is 0 Å². The van der Waals surface area contributed by atoms with Gasteiger partial charge in [0.15, 0.2) is 0 Å². The van der Waals surface area contributed by atoms with E-state index in [0.29, 0.717) is 6.08 Å². The predicted molar refractivity (Wildman–Crippen MR) is 80.2 cm³/mol. The Morgan fingerprint density at radius 1 is 1.04 bits per heavy atom. The van der Waals surface area contributed by atoms with E-state index in [1.54, 1.807) is 0 Å². The van der Waals surface area contributed by atoms with Crippen LogP contribution in [0.2, 0.25) is 0 Å². The molecule has 2 atom stereocenters. The van der Waals surface area contributed by atoms with E-state index in [4.69, 9.17) is 4.74 Å². The third-order valence-corrected chi connectivity index (χ3v) is 3.10. The van der Waals surface area contributed by atoms with Crippen molar-refractivity contribution in [3.05, 3.63) is 12.2 Å². The monoisotopic (exact) mass is 392 g/mol. The molecule has 0 amide bonds. The van der Waals surface area contributed by atoms with Crippen LogP contribution in [0.15, 0.2) is 12.2 Å². The average Bonchev–Trinajstić information content (AvgIpc) is 2.35. The van der Waals surface area contributed by atoms with Crippen LogP contribution >= 0.6 is 0 Å². The summed E-state index contributed by atoms with van der Waals surface area (Å²) in [6, 6.07) is 0. The molecule has 152 valence electrons. The topological polar surface area (TPSA) is 63.6 Å². The standard InChI is InChI=1S/C16H22F6O4/c1-14(2,3)26-13(25)11(7-5-9-16(20,21)22)10(12(23)24)6-4-8-15(17,18)19/h5,7,10-11H,4,6,8-9H2,1-3H3,(H,23,24). The minimum absolute atomic E-state index is 0.533. The van der Waals surface area contributed by atoms with Gasteiger partial charge in [0.05, 0.1) is 18.3 Å². The lowest BCUT2D eigenvalue weighted by molar-refractivity contribution is -0.165. The number of allylic oxidation sites excluding steroid dienone is 1. The number of halogens is 6. The van der Waals surface area contributed by atoms with E-state index in [9.17, 15) is 41.0 Å². The first-order chi connectivity index (χ1) is 11.5. The van der Waals surface area contributed by atoms with E-state index in [0.717, 1.165) is 6.08 Å². The van der Waals surface area contributed by atoms with Crippen molar-refractivity contribution in [2.24, 2.45) is 11.8 Å². The zero-order chi connectivity index (χ0) is 20.8. The lowest BCUT2D eigenvalue weighted by atomic mass is 9.87. The Morgan fingerprint density at radius 2 is 1.58 bits per heavy atom. The van der Waals surface area contributed by atoms with Crippen LogP contribution in [0.25, 0.3) is 0 Å². The summed E-state index contributed by atoms with van der Waals surface area (Å²) in [6.45, 7) is 4.42. The second-order valence-electron chi connectivity index (χ2n) is 6.76. The summed E-state index contributed by atoms with van der Waals surface area (Å²) in [4.78, 5) is 23.6. The summed E-state index contributed by atoms with van der Waals surface area (Å²) >= 11 is 0. The van der Waals surface area contributed by atoms with Crippen LogP contribution in [-0.2, 0) is 14.3 Å².